The van der Waals surface area contributed by atoms with Crippen LogP contribution in [-0.4, -0.2) is 138 Å². The molecule has 0 radical (unpaired) electrons. The molecule has 3 aromatic carbocycles. The van der Waals surface area contributed by atoms with Crippen molar-refractivity contribution in [1.82, 2.24) is 29.1 Å². The summed E-state index contributed by atoms with van der Waals surface area (Å²) >= 11 is 12.8. The number of halogens is 2. The minimum atomic E-state index is -1.85. The summed E-state index contributed by atoms with van der Waals surface area (Å²) in [5.74, 6) is -2.03. The molecule has 0 spiro atoms. The van der Waals surface area contributed by atoms with Crippen molar-refractivity contribution in [3.63, 3.8) is 0 Å². The maximum atomic E-state index is 13.5. The summed E-state index contributed by atoms with van der Waals surface area (Å²) in [6.45, 7) is 7.17. The van der Waals surface area contributed by atoms with Crippen LogP contribution >= 0.6 is 23.2 Å². The molecule has 2 unspecified atom stereocenters. The largest absolute Gasteiger partial charge is 0.491 e. The van der Waals surface area contributed by atoms with Crippen LogP contribution in [0.15, 0.2) is 90.5 Å². The maximum Gasteiger partial charge on any atom is 0.350 e. The minimum Gasteiger partial charge on any atom is -0.491 e. The lowest BCUT2D eigenvalue weighted by molar-refractivity contribution is -0.305. The predicted octanol–water partition coefficient (Wildman–Crippen LogP) is 2.46. The normalized spacial score (nSPS) is 26.4. The van der Waals surface area contributed by atoms with Crippen molar-refractivity contribution in [3.8, 4) is 11.4 Å². The SMILES string of the molecule is CC(O[C@@H]1O[C@@H](C(=O)O)[C@H](O)[C@@H](O)[C@@H]1O)C(C)n1ncn(-c2ccc(N3CCN(c4ccc(OC[C@H]5CO[C@](Cn6cncn6)(c6ccc(Cl)cc6Cl)O5)cc4)CC3)cc2)c1=O. The lowest BCUT2D eigenvalue weighted by atomic mass is 9.99. The van der Waals surface area contributed by atoms with Crippen molar-refractivity contribution in [2.24, 2.45) is 0 Å². The Bertz CT molecular complexity index is 2360. The first-order valence-corrected chi connectivity index (χ1v) is 20.7. The third-order valence-corrected chi connectivity index (χ3v) is 11.9. The second kappa shape index (κ2) is 18.3. The fourth-order valence-corrected chi connectivity index (χ4v) is 8.29. The standard InChI is InChI=1S/C41H46Cl2N8O11/c1-24(25(2)60-39-36(54)34(52)35(53)37(61-39)38(55)56)51-40(57)50(23-46-51)29-6-4-27(5-7-29)47-13-15-48(16-14-47)28-8-10-30(11-9-28)58-18-31-19-59-41(62-31,20-49-22-44-21-45-49)32-12-3-26(42)17-33(32)43/h3-12,17,21-25,31,34-37,39,52-54H,13-16,18-20H2,1-2H3,(H,55,56)/t24?,25?,31-,34+,35+,36-,37+,39+,41-/m0/s1. The van der Waals surface area contributed by atoms with Crippen LogP contribution in [0, 0.1) is 0 Å². The first-order chi connectivity index (χ1) is 29.8. The minimum absolute atomic E-state index is 0.234. The van der Waals surface area contributed by atoms with Gasteiger partial charge in [0.1, 0.15) is 62.3 Å². The number of aliphatic hydroxyl groups is 3. The summed E-state index contributed by atoms with van der Waals surface area (Å²) in [5.41, 5.74) is 2.87. The number of nitrogens with zero attached hydrogens (tertiary/aromatic N) is 8. The van der Waals surface area contributed by atoms with Crippen molar-refractivity contribution in [2.75, 3.05) is 49.2 Å². The molecule has 3 aliphatic rings. The number of hydrogen-bond acceptors (Lipinski definition) is 15. The molecule has 3 saturated heterocycles. The topological polar surface area (TPSA) is 221 Å². The molecule has 21 heteroatoms. The third kappa shape index (κ3) is 9.03. The number of ether oxygens (including phenoxy) is 5. The summed E-state index contributed by atoms with van der Waals surface area (Å²) in [6, 6.07) is 20.1. The van der Waals surface area contributed by atoms with Crippen LogP contribution in [0.3, 0.4) is 0 Å². The Morgan fingerprint density at radius 3 is 2.18 bits per heavy atom. The molecular formula is C41H46Cl2N8O11. The molecule has 0 bridgehead atoms. The Balaban J connectivity index is 0.823. The lowest BCUT2D eigenvalue weighted by Crippen LogP contribution is -2.61. The highest BCUT2D eigenvalue weighted by atomic mass is 35.5. The van der Waals surface area contributed by atoms with Gasteiger partial charge in [-0.1, -0.05) is 29.3 Å². The van der Waals surface area contributed by atoms with E-state index in [-0.39, 0.29) is 25.9 Å². The van der Waals surface area contributed by atoms with Crippen molar-refractivity contribution >= 4 is 40.5 Å². The highest BCUT2D eigenvalue weighted by molar-refractivity contribution is 6.35. The van der Waals surface area contributed by atoms with Gasteiger partial charge in [-0.15, -0.1) is 0 Å². The van der Waals surface area contributed by atoms with Crippen LogP contribution in [0.5, 0.6) is 5.75 Å². The van der Waals surface area contributed by atoms with E-state index in [1.807, 2.05) is 48.5 Å². The van der Waals surface area contributed by atoms with E-state index in [2.05, 4.69) is 25.0 Å². The zero-order valence-electron chi connectivity index (χ0n) is 33.6. The Morgan fingerprint density at radius 2 is 1.55 bits per heavy atom. The van der Waals surface area contributed by atoms with E-state index in [4.69, 9.17) is 46.9 Å². The number of anilines is 2. The van der Waals surface area contributed by atoms with E-state index in [0.717, 1.165) is 37.6 Å². The molecule has 2 aromatic heterocycles. The molecule has 8 rings (SSSR count). The van der Waals surface area contributed by atoms with Crippen molar-refractivity contribution in [3.05, 3.63) is 112 Å². The predicted molar refractivity (Wildman–Crippen MR) is 223 cm³/mol. The summed E-state index contributed by atoms with van der Waals surface area (Å²) in [6.07, 6.45) is -5.53. The summed E-state index contributed by atoms with van der Waals surface area (Å²) in [4.78, 5) is 33.6. The average Bonchev–Trinajstić information content (AvgIpc) is 4.04. The molecule has 4 N–H and O–H groups in total. The molecule has 0 aliphatic carbocycles. The highest BCUT2D eigenvalue weighted by Gasteiger charge is 2.48. The second-order valence-corrected chi connectivity index (χ2v) is 16.2. The lowest BCUT2D eigenvalue weighted by Gasteiger charge is -2.40. The number of carboxylic acids is 1. The molecular weight excluding hydrogens is 851 g/mol. The number of rotatable bonds is 14. The molecule has 330 valence electrons. The Labute approximate surface area is 365 Å². The second-order valence-electron chi connectivity index (χ2n) is 15.4. The van der Waals surface area contributed by atoms with Crippen molar-refractivity contribution in [2.45, 2.75) is 75.1 Å². The van der Waals surface area contributed by atoms with E-state index < -0.39 is 60.3 Å². The van der Waals surface area contributed by atoms with E-state index >= 15 is 0 Å². The number of piperazine rings is 1. The quantitative estimate of drug-likeness (QED) is 0.126. The maximum absolute atomic E-state index is 13.5. The molecule has 3 fully saturated rings. The fraction of sp³-hybridized carbons (Fsp3) is 0.439. The molecule has 62 heavy (non-hydrogen) atoms. The average molecular weight is 898 g/mol. The van der Waals surface area contributed by atoms with Gasteiger partial charge in [-0.3, -0.25) is 0 Å². The number of carboxylic acid groups (broad SMARTS) is 1. The molecule has 0 saturated carbocycles. The molecule has 3 aliphatic heterocycles. The fourth-order valence-electron chi connectivity index (χ4n) is 7.73. The van der Waals surface area contributed by atoms with Gasteiger partial charge in [0.15, 0.2) is 12.4 Å². The molecule has 5 aromatic rings. The number of aliphatic hydroxyl groups excluding tert-OH is 3. The molecule has 19 nitrogen and oxygen atoms in total. The zero-order chi connectivity index (χ0) is 43.7. The Kier molecular flexibility index (Phi) is 12.9. The van der Waals surface area contributed by atoms with Gasteiger partial charge < -0.3 is 53.9 Å². The van der Waals surface area contributed by atoms with Gasteiger partial charge >= 0.3 is 11.7 Å². The smallest absolute Gasteiger partial charge is 0.350 e. The van der Waals surface area contributed by atoms with Gasteiger partial charge in [0.05, 0.1) is 29.5 Å². The van der Waals surface area contributed by atoms with Crippen LogP contribution in [-0.2, 0) is 36.1 Å². The van der Waals surface area contributed by atoms with Crippen LogP contribution in [0.4, 0.5) is 11.4 Å². The van der Waals surface area contributed by atoms with Gasteiger partial charge in [0, 0.05) is 48.1 Å². The highest BCUT2D eigenvalue weighted by Crippen LogP contribution is 2.40. The van der Waals surface area contributed by atoms with Crippen molar-refractivity contribution < 1.29 is 48.9 Å². The number of benzene rings is 3. The number of aromatic nitrogens is 6. The molecule has 5 heterocycles. The van der Waals surface area contributed by atoms with Gasteiger partial charge in [0.25, 0.3) is 0 Å². The van der Waals surface area contributed by atoms with Gasteiger partial charge in [-0.25, -0.2) is 28.5 Å². The Hall–Kier alpha value is -5.09. The van der Waals surface area contributed by atoms with Gasteiger partial charge in [-0.05, 0) is 74.5 Å². The van der Waals surface area contributed by atoms with Crippen molar-refractivity contribution in [1.29, 1.82) is 0 Å². The Morgan fingerprint density at radius 1 is 0.887 bits per heavy atom. The van der Waals surface area contributed by atoms with Crippen LogP contribution in [0.25, 0.3) is 5.69 Å². The van der Waals surface area contributed by atoms with E-state index in [1.54, 1.807) is 43.1 Å². The van der Waals surface area contributed by atoms with Crippen LogP contribution in [0.1, 0.15) is 25.5 Å². The van der Waals surface area contributed by atoms with E-state index in [0.29, 0.717) is 27.0 Å². The van der Waals surface area contributed by atoms with Crippen LogP contribution < -0.4 is 20.2 Å². The van der Waals surface area contributed by atoms with Crippen LogP contribution in [0.2, 0.25) is 10.0 Å². The number of hydrogen-bond donors (Lipinski definition) is 4. The number of carbonyl (C=O) groups is 1. The van der Waals surface area contributed by atoms with E-state index in [9.17, 15) is 30.0 Å². The summed E-state index contributed by atoms with van der Waals surface area (Å²) in [7, 11) is 0. The summed E-state index contributed by atoms with van der Waals surface area (Å²) < 4.78 is 34.1. The molecule has 0 amide bonds. The monoisotopic (exact) mass is 896 g/mol. The van der Waals surface area contributed by atoms with Gasteiger partial charge in [-0.2, -0.15) is 10.2 Å². The first kappa shape index (κ1) is 43.6. The number of aliphatic carboxylic acids is 1. The zero-order valence-corrected chi connectivity index (χ0v) is 35.1. The van der Waals surface area contributed by atoms with E-state index in [1.165, 1.54) is 21.9 Å². The third-order valence-electron chi connectivity index (χ3n) is 11.4. The molecule has 9 atom stereocenters. The first-order valence-electron chi connectivity index (χ1n) is 20.0. The van der Waals surface area contributed by atoms with Gasteiger partial charge in [0.2, 0.25) is 5.79 Å². The summed E-state index contributed by atoms with van der Waals surface area (Å²) in [5, 5.41) is 49.2.